The van der Waals surface area contributed by atoms with Gasteiger partial charge in [-0.25, -0.2) is 4.98 Å². The van der Waals surface area contributed by atoms with Crippen LogP contribution in [0.15, 0.2) is 190 Å². The molecule has 7 heteroatoms. The summed E-state index contributed by atoms with van der Waals surface area (Å²) in [6.45, 7) is 0. The van der Waals surface area contributed by atoms with Crippen molar-refractivity contribution in [2.75, 3.05) is 0 Å². The van der Waals surface area contributed by atoms with E-state index in [1.165, 1.54) is 26.1 Å². The van der Waals surface area contributed by atoms with Crippen molar-refractivity contribution in [3.05, 3.63) is 176 Å². The summed E-state index contributed by atoms with van der Waals surface area (Å²) in [7, 11) is 0. The second-order valence-corrected chi connectivity index (χ2v) is 15.9. The molecule has 0 spiro atoms. The van der Waals surface area contributed by atoms with E-state index in [1.54, 1.807) is 0 Å². The van der Waals surface area contributed by atoms with E-state index in [1.807, 2.05) is 30.0 Å². The molecular formula is C51H29N5OS. The Hall–Kier alpha value is -7.48. The standard InChI is InChI=1S/C51H29N5OS/c1-2-17-33-30(13-1)14-10-21-35(33)49-52-48(32-16-9-15-31(29-32)34-20-11-26-42-45(34)37-19-4-7-25-41(37)57-42)53-51(54-49)56-39-23-5-3-18-36(39)46-38-22-12-28-44-47(38)55(50(46)56)40-24-6-8-27-43(40)58-44/h1-29H. The molecule has 13 rings (SSSR count). The minimum absolute atomic E-state index is 0.559. The van der Waals surface area contributed by atoms with Gasteiger partial charge in [0.1, 0.15) is 16.8 Å². The Morgan fingerprint density at radius 3 is 2.09 bits per heavy atom. The number of hydrogen-bond donors (Lipinski definition) is 0. The van der Waals surface area contributed by atoms with Crippen molar-refractivity contribution in [2.45, 2.75) is 9.79 Å². The van der Waals surface area contributed by atoms with Crippen molar-refractivity contribution in [3.63, 3.8) is 0 Å². The van der Waals surface area contributed by atoms with Gasteiger partial charge in [0.15, 0.2) is 11.6 Å². The SMILES string of the molecule is c1cc(-c2nc(-c3cccc4ccccc34)nc(-n3c4ccccc4c4c5cccc6c5n(c43)-c3ccccc3S6)n2)cc(-c2cccc3oc4ccccc4c23)c1. The number of nitrogens with zero attached hydrogens (tertiary/aromatic N) is 5. The first kappa shape index (κ1) is 31.7. The lowest BCUT2D eigenvalue weighted by Gasteiger charge is -2.20. The maximum atomic E-state index is 6.29. The van der Waals surface area contributed by atoms with E-state index in [4.69, 9.17) is 19.4 Å². The van der Waals surface area contributed by atoms with Gasteiger partial charge in [-0.05, 0) is 64.4 Å². The van der Waals surface area contributed by atoms with Crippen LogP contribution in [-0.2, 0) is 0 Å². The Morgan fingerprint density at radius 2 is 1.12 bits per heavy atom. The zero-order valence-electron chi connectivity index (χ0n) is 30.8. The van der Waals surface area contributed by atoms with Gasteiger partial charge in [-0.1, -0.05) is 145 Å². The van der Waals surface area contributed by atoms with E-state index in [9.17, 15) is 0 Å². The highest BCUT2D eigenvalue weighted by atomic mass is 32.2. The van der Waals surface area contributed by atoms with E-state index in [0.29, 0.717) is 17.6 Å². The third-order valence-electron chi connectivity index (χ3n) is 11.6. The molecular weight excluding hydrogens is 731 g/mol. The summed E-state index contributed by atoms with van der Waals surface area (Å²) in [5, 5.41) is 7.94. The maximum absolute atomic E-state index is 6.29. The summed E-state index contributed by atoms with van der Waals surface area (Å²) in [5.74, 6) is 1.77. The number of benzene rings is 8. The number of furan rings is 1. The lowest BCUT2D eigenvalue weighted by molar-refractivity contribution is 0.669. The van der Waals surface area contributed by atoms with Crippen LogP contribution in [-0.4, -0.2) is 24.1 Å². The molecule has 0 saturated heterocycles. The smallest absolute Gasteiger partial charge is 0.239 e. The second-order valence-electron chi connectivity index (χ2n) is 14.8. The number of aromatic nitrogens is 5. The van der Waals surface area contributed by atoms with E-state index in [0.717, 1.165) is 77.2 Å². The quantitative estimate of drug-likeness (QED) is 0.179. The zero-order chi connectivity index (χ0) is 37.9. The van der Waals surface area contributed by atoms with Gasteiger partial charge in [0.25, 0.3) is 0 Å². The van der Waals surface area contributed by atoms with Crippen molar-refractivity contribution < 1.29 is 4.42 Å². The van der Waals surface area contributed by atoms with Gasteiger partial charge in [-0.2, -0.15) is 9.97 Å². The molecule has 12 aromatic rings. The van der Waals surface area contributed by atoms with Crippen LogP contribution in [0.4, 0.5) is 0 Å². The van der Waals surface area contributed by atoms with Crippen molar-refractivity contribution in [3.8, 4) is 45.5 Å². The fourth-order valence-corrected chi connectivity index (χ4v) is 10.2. The van der Waals surface area contributed by atoms with Crippen molar-refractivity contribution >= 4 is 77.3 Å². The number of hydrogen-bond acceptors (Lipinski definition) is 5. The van der Waals surface area contributed by atoms with Gasteiger partial charge >= 0.3 is 0 Å². The number of fused-ring (bicyclic) bond motifs is 11. The molecule has 0 radical (unpaired) electrons. The van der Waals surface area contributed by atoms with Crippen molar-refractivity contribution in [1.82, 2.24) is 24.1 Å². The molecule has 5 heterocycles. The van der Waals surface area contributed by atoms with Gasteiger partial charge in [-0.15, -0.1) is 0 Å². The first-order valence-corrected chi connectivity index (χ1v) is 20.2. The van der Waals surface area contributed by atoms with Crippen LogP contribution in [0, 0.1) is 0 Å². The lowest BCUT2D eigenvalue weighted by Crippen LogP contribution is -2.10. The van der Waals surface area contributed by atoms with Crippen LogP contribution in [0.3, 0.4) is 0 Å². The molecule has 0 bridgehead atoms. The van der Waals surface area contributed by atoms with Crippen LogP contribution in [0.2, 0.25) is 0 Å². The van der Waals surface area contributed by atoms with Crippen LogP contribution >= 0.6 is 11.8 Å². The molecule has 0 fully saturated rings. The molecule has 270 valence electrons. The molecule has 0 N–H and O–H groups in total. The van der Waals surface area contributed by atoms with Crippen LogP contribution in [0.25, 0.3) is 111 Å². The molecule has 4 aromatic heterocycles. The summed E-state index contributed by atoms with van der Waals surface area (Å²) in [6.07, 6.45) is 0. The molecule has 1 aliphatic rings. The maximum Gasteiger partial charge on any atom is 0.239 e. The Labute approximate surface area is 335 Å². The summed E-state index contributed by atoms with van der Waals surface area (Å²) in [6, 6.07) is 61.7. The largest absolute Gasteiger partial charge is 0.456 e. The molecule has 0 unspecified atom stereocenters. The first-order chi connectivity index (χ1) is 28.8. The van der Waals surface area contributed by atoms with Crippen molar-refractivity contribution in [1.29, 1.82) is 0 Å². The Balaban J connectivity index is 1.12. The van der Waals surface area contributed by atoms with E-state index < -0.39 is 0 Å². The highest BCUT2D eigenvalue weighted by molar-refractivity contribution is 7.99. The normalized spacial score (nSPS) is 12.4. The summed E-state index contributed by atoms with van der Waals surface area (Å²) in [4.78, 5) is 18.6. The predicted molar refractivity (Wildman–Crippen MR) is 236 cm³/mol. The third-order valence-corrected chi connectivity index (χ3v) is 12.7. The monoisotopic (exact) mass is 759 g/mol. The first-order valence-electron chi connectivity index (χ1n) is 19.4. The highest BCUT2D eigenvalue weighted by Gasteiger charge is 2.29. The molecule has 1 aliphatic heterocycles. The Kier molecular flexibility index (Phi) is 6.56. The summed E-state index contributed by atoms with van der Waals surface area (Å²) >= 11 is 1.83. The van der Waals surface area contributed by atoms with Crippen LogP contribution < -0.4 is 0 Å². The average Bonchev–Trinajstić information content (AvgIpc) is 3.95. The summed E-state index contributed by atoms with van der Waals surface area (Å²) < 4.78 is 11.0. The van der Waals surface area contributed by atoms with Crippen LogP contribution in [0.1, 0.15) is 0 Å². The molecule has 0 atom stereocenters. The van der Waals surface area contributed by atoms with Crippen LogP contribution in [0.5, 0.6) is 0 Å². The van der Waals surface area contributed by atoms with Gasteiger partial charge in [0.2, 0.25) is 5.95 Å². The highest BCUT2D eigenvalue weighted by Crippen LogP contribution is 2.49. The van der Waals surface area contributed by atoms with Crippen molar-refractivity contribution in [2.24, 2.45) is 0 Å². The summed E-state index contributed by atoms with van der Waals surface area (Å²) in [5.41, 5.74) is 10.1. The molecule has 58 heavy (non-hydrogen) atoms. The van der Waals surface area contributed by atoms with Gasteiger partial charge in [0.05, 0.1) is 16.7 Å². The minimum Gasteiger partial charge on any atom is -0.456 e. The Morgan fingerprint density at radius 1 is 0.448 bits per heavy atom. The van der Waals surface area contributed by atoms with Gasteiger partial charge < -0.3 is 4.42 Å². The molecule has 0 saturated carbocycles. The van der Waals surface area contributed by atoms with E-state index in [-0.39, 0.29) is 0 Å². The molecule has 0 aliphatic carbocycles. The Bertz CT molecular complexity index is 3680. The van der Waals surface area contributed by atoms with E-state index >= 15 is 0 Å². The predicted octanol–water partition coefficient (Wildman–Crippen LogP) is 13.4. The molecule has 0 amide bonds. The average molecular weight is 760 g/mol. The number of para-hydroxylation sites is 4. The fraction of sp³-hybridized carbons (Fsp3) is 0. The zero-order valence-corrected chi connectivity index (χ0v) is 31.6. The second kappa shape index (κ2) is 12.0. The van der Waals surface area contributed by atoms with Gasteiger partial charge in [0, 0.05) is 47.8 Å². The molecule has 6 nitrogen and oxygen atoms in total. The third kappa shape index (κ3) is 4.47. The lowest BCUT2D eigenvalue weighted by atomic mass is 9.98. The topological polar surface area (TPSA) is 61.7 Å². The fourth-order valence-electron chi connectivity index (χ4n) is 9.11. The molecule has 8 aromatic carbocycles. The van der Waals surface area contributed by atoms with Gasteiger partial charge in [-0.3, -0.25) is 9.13 Å². The minimum atomic E-state index is 0.559. The van der Waals surface area contributed by atoms with E-state index in [2.05, 4.69) is 167 Å². The number of rotatable bonds is 4.